The van der Waals surface area contributed by atoms with E-state index in [4.69, 9.17) is 27.9 Å². The Labute approximate surface area is 178 Å². The van der Waals surface area contributed by atoms with E-state index in [1.165, 1.54) is 11.9 Å². The molecule has 0 aliphatic heterocycles. The van der Waals surface area contributed by atoms with Crippen LogP contribution in [0.25, 0.3) is 10.9 Å². The molecule has 0 spiro atoms. The summed E-state index contributed by atoms with van der Waals surface area (Å²) in [6.07, 6.45) is 1.30. The molecule has 8 heteroatoms. The monoisotopic (exact) mass is 437 g/mol. The van der Waals surface area contributed by atoms with Crippen molar-refractivity contribution in [2.75, 3.05) is 4.72 Å². The van der Waals surface area contributed by atoms with Crippen molar-refractivity contribution in [2.45, 2.75) is 37.8 Å². The van der Waals surface area contributed by atoms with Gasteiger partial charge in [-0.2, -0.15) is 0 Å². The maximum atomic E-state index is 11.7. The van der Waals surface area contributed by atoms with Crippen molar-refractivity contribution in [1.82, 2.24) is 10.3 Å². The van der Waals surface area contributed by atoms with Gasteiger partial charge in [-0.15, -0.1) is 0 Å². The third-order valence-electron chi connectivity index (χ3n) is 3.77. The predicted molar refractivity (Wildman–Crippen MR) is 117 cm³/mol. The summed E-state index contributed by atoms with van der Waals surface area (Å²) in [6, 6.07) is 11.6. The molecule has 148 valence electrons. The molecule has 0 bridgehead atoms. The van der Waals surface area contributed by atoms with Crippen LogP contribution in [0.1, 0.15) is 26.3 Å². The molecule has 0 atom stereocenters. The number of carbonyl (C=O) groups excluding carboxylic acids is 1. The van der Waals surface area contributed by atoms with E-state index in [0.717, 1.165) is 27.0 Å². The van der Waals surface area contributed by atoms with Crippen LogP contribution in [-0.4, -0.2) is 16.7 Å². The maximum absolute atomic E-state index is 11.7. The van der Waals surface area contributed by atoms with Gasteiger partial charge in [0.2, 0.25) is 0 Å². The van der Waals surface area contributed by atoms with Crippen molar-refractivity contribution >= 4 is 57.8 Å². The van der Waals surface area contributed by atoms with E-state index >= 15 is 0 Å². The van der Waals surface area contributed by atoms with Crippen LogP contribution in [0, 0.1) is 0 Å². The third-order valence-corrected chi connectivity index (χ3v) is 5.22. The summed E-state index contributed by atoms with van der Waals surface area (Å²) in [4.78, 5) is 15.9. The summed E-state index contributed by atoms with van der Waals surface area (Å²) in [5, 5.41) is 4.75. The first-order chi connectivity index (χ1) is 13.2. The molecule has 0 radical (unpaired) electrons. The lowest BCUT2D eigenvalue weighted by molar-refractivity contribution is 0.0523. The number of amides is 1. The van der Waals surface area contributed by atoms with Crippen LogP contribution in [0.2, 0.25) is 10.0 Å². The lowest BCUT2D eigenvalue weighted by Crippen LogP contribution is -2.32. The zero-order valence-corrected chi connectivity index (χ0v) is 18.1. The molecular formula is C20H21Cl2N3O2S. The molecule has 2 aromatic carbocycles. The highest BCUT2D eigenvalue weighted by Crippen LogP contribution is 2.36. The zero-order valence-electron chi connectivity index (χ0n) is 15.7. The van der Waals surface area contributed by atoms with Crippen LogP contribution < -0.4 is 10.0 Å². The van der Waals surface area contributed by atoms with Crippen molar-refractivity contribution in [2.24, 2.45) is 0 Å². The second-order valence-corrected chi connectivity index (χ2v) is 8.88. The highest BCUT2D eigenvalue weighted by Gasteiger charge is 2.15. The topological polar surface area (TPSA) is 66.2 Å². The highest BCUT2D eigenvalue weighted by atomic mass is 35.5. The molecular weight excluding hydrogens is 417 g/mol. The highest BCUT2D eigenvalue weighted by molar-refractivity contribution is 8.00. The minimum atomic E-state index is -0.507. The number of rotatable bonds is 5. The van der Waals surface area contributed by atoms with E-state index < -0.39 is 11.7 Å². The van der Waals surface area contributed by atoms with Crippen LogP contribution in [-0.2, 0) is 11.3 Å². The molecule has 1 amide bonds. The van der Waals surface area contributed by atoms with Crippen molar-refractivity contribution in [1.29, 1.82) is 0 Å². The van der Waals surface area contributed by atoms with Gasteiger partial charge >= 0.3 is 6.09 Å². The molecule has 3 aromatic rings. The normalized spacial score (nSPS) is 11.5. The van der Waals surface area contributed by atoms with Crippen LogP contribution >= 0.6 is 35.1 Å². The largest absolute Gasteiger partial charge is 0.444 e. The predicted octanol–water partition coefficient (Wildman–Crippen LogP) is 6.62. The van der Waals surface area contributed by atoms with E-state index in [2.05, 4.69) is 15.0 Å². The molecule has 1 heterocycles. The Kier molecular flexibility index (Phi) is 6.33. The fraction of sp³-hybridized carbons (Fsp3) is 0.250. The number of nitrogens with one attached hydrogen (secondary N) is 3. The van der Waals surface area contributed by atoms with E-state index in [9.17, 15) is 4.79 Å². The van der Waals surface area contributed by atoms with Crippen LogP contribution in [0.5, 0.6) is 0 Å². The van der Waals surface area contributed by atoms with Crippen LogP contribution in [0.3, 0.4) is 0 Å². The number of H-pyrrole nitrogens is 1. The lowest BCUT2D eigenvalue weighted by Gasteiger charge is -2.19. The Balaban J connectivity index is 1.58. The number of alkyl carbamates (subject to hydrolysis) is 1. The van der Waals surface area contributed by atoms with Gasteiger partial charge in [-0.1, -0.05) is 35.3 Å². The lowest BCUT2D eigenvalue weighted by atomic mass is 10.2. The summed E-state index contributed by atoms with van der Waals surface area (Å²) in [5.74, 6) is 0. The molecule has 1 aromatic heterocycles. The average Bonchev–Trinajstić information content (AvgIpc) is 3.02. The standard InChI is InChI=1S/C20H21Cl2N3O2S/c1-20(2,3)27-19(26)24-10-12-4-6-13(7-5-12)28-25-16-9-8-14(21)17-15(22)11-23-18(16)17/h4-9,11,23,25H,10H2,1-3H3,(H,24,26). The molecule has 5 nitrogen and oxygen atoms in total. The van der Waals surface area contributed by atoms with Gasteiger partial charge in [0.05, 0.1) is 21.2 Å². The van der Waals surface area contributed by atoms with Crippen LogP contribution in [0.15, 0.2) is 47.5 Å². The number of aromatic nitrogens is 1. The Morgan fingerprint density at radius 1 is 1.11 bits per heavy atom. The second-order valence-electron chi connectivity index (χ2n) is 7.19. The summed E-state index contributed by atoms with van der Waals surface area (Å²) < 4.78 is 8.55. The number of carbonyl (C=O) groups is 1. The summed E-state index contributed by atoms with van der Waals surface area (Å²) in [5.41, 5.74) is 2.24. The van der Waals surface area contributed by atoms with Crippen molar-refractivity contribution in [3.63, 3.8) is 0 Å². The number of benzene rings is 2. The van der Waals surface area contributed by atoms with E-state index in [1.807, 2.05) is 57.2 Å². The summed E-state index contributed by atoms with van der Waals surface area (Å²) >= 11 is 13.9. The van der Waals surface area contributed by atoms with Gasteiger partial charge < -0.3 is 19.8 Å². The molecule has 0 saturated carbocycles. The van der Waals surface area contributed by atoms with Gasteiger partial charge in [-0.3, -0.25) is 0 Å². The van der Waals surface area contributed by atoms with Crippen molar-refractivity contribution in [3.05, 3.63) is 58.2 Å². The number of halogens is 2. The summed E-state index contributed by atoms with van der Waals surface area (Å²) in [7, 11) is 0. The smallest absolute Gasteiger partial charge is 0.407 e. The van der Waals surface area contributed by atoms with Gasteiger partial charge in [0, 0.05) is 23.0 Å². The quantitative estimate of drug-likeness (QED) is 0.392. The van der Waals surface area contributed by atoms with Gasteiger partial charge in [0.1, 0.15) is 5.60 Å². The van der Waals surface area contributed by atoms with E-state index in [1.54, 1.807) is 6.20 Å². The minimum Gasteiger partial charge on any atom is -0.444 e. The first kappa shape index (κ1) is 20.7. The maximum Gasteiger partial charge on any atom is 0.407 e. The van der Waals surface area contributed by atoms with Crippen molar-refractivity contribution in [3.8, 4) is 0 Å². The minimum absolute atomic E-state index is 0.409. The van der Waals surface area contributed by atoms with Crippen molar-refractivity contribution < 1.29 is 9.53 Å². The fourth-order valence-electron chi connectivity index (χ4n) is 2.53. The van der Waals surface area contributed by atoms with Gasteiger partial charge in [-0.05, 0) is 62.5 Å². The number of hydrogen-bond donors (Lipinski definition) is 3. The number of anilines is 1. The number of fused-ring (bicyclic) bond motifs is 1. The SMILES string of the molecule is CC(C)(C)OC(=O)NCc1ccc(SNc2ccc(Cl)c3c(Cl)c[nH]c23)cc1. The molecule has 0 saturated heterocycles. The van der Waals surface area contributed by atoms with Gasteiger partial charge in [-0.25, -0.2) is 4.79 Å². The Bertz CT molecular complexity index is 982. The number of aromatic amines is 1. The molecule has 3 N–H and O–H groups in total. The van der Waals surface area contributed by atoms with Gasteiger partial charge in [0.15, 0.2) is 0 Å². The molecule has 3 rings (SSSR count). The number of hydrogen-bond acceptors (Lipinski definition) is 4. The molecule has 0 unspecified atom stereocenters. The van der Waals surface area contributed by atoms with E-state index in [-0.39, 0.29) is 0 Å². The molecule has 0 fully saturated rings. The molecule has 28 heavy (non-hydrogen) atoms. The molecule has 0 aliphatic carbocycles. The zero-order chi connectivity index (χ0) is 20.3. The average molecular weight is 438 g/mol. The Morgan fingerprint density at radius 2 is 1.82 bits per heavy atom. The first-order valence-electron chi connectivity index (χ1n) is 8.67. The number of ether oxygens (including phenoxy) is 1. The molecule has 0 aliphatic rings. The first-order valence-corrected chi connectivity index (χ1v) is 10.2. The Morgan fingerprint density at radius 3 is 2.50 bits per heavy atom. The van der Waals surface area contributed by atoms with E-state index in [0.29, 0.717) is 16.6 Å². The van der Waals surface area contributed by atoms with Crippen LogP contribution in [0.4, 0.5) is 10.5 Å². The fourth-order valence-corrected chi connectivity index (χ4v) is 3.76. The summed E-state index contributed by atoms with van der Waals surface area (Å²) in [6.45, 7) is 5.91. The van der Waals surface area contributed by atoms with Gasteiger partial charge in [0.25, 0.3) is 0 Å². The second kappa shape index (κ2) is 8.55. The Hall–Kier alpha value is -2.02. The third kappa shape index (κ3) is 5.28.